The van der Waals surface area contributed by atoms with E-state index in [2.05, 4.69) is 0 Å². The van der Waals surface area contributed by atoms with E-state index in [1.807, 2.05) is 13.8 Å². The van der Waals surface area contributed by atoms with Gasteiger partial charge >= 0.3 is 6.18 Å². The van der Waals surface area contributed by atoms with Crippen LogP contribution in [0.25, 0.3) is 0 Å². The highest BCUT2D eigenvalue weighted by atomic mass is 19.4. The Morgan fingerprint density at radius 1 is 1.33 bits per heavy atom. The maximum absolute atomic E-state index is 12.4. The second kappa shape index (κ2) is 4.16. The molecule has 100 valence electrons. The van der Waals surface area contributed by atoms with Gasteiger partial charge in [0.1, 0.15) is 11.4 Å². The minimum Gasteiger partial charge on any atom is -0.488 e. The van der Waals surface area contributed by atoms with Crippen LogP contribution in [0, 0.1) is 0 Å². The van der Waals surface area contributed by atoms with Gasteiger partial charge in [-0.05, 0) is 49.9 Å². The molecule has 0 aliphatic carbocycles. The first-order valence-electron chi connectivity index (χ1n) is 5.76. The number of ether oxygens (including phenoxy) is 1. The van der Waals surface area contributed by atoms with Crippen molar-refractivity contribution in [2.45, 2.75) is 44.6 Å². The van der Waals surface area contributed by atoms with Crippen molar-refractivity contribution in [1.82, 2.24) is 0 Å². The van der Waals surface area contributed by atoms with Gasteiger partial charge in [-0.3, -0.25) is 0 Å². The van der Waals surface area contributed by atoms with Crippen LogP contribution in [0.5, 0.6) is 5.75 Å². The van der Waals surface area contributed by atoms with Crippen LogP contribution in [0.15, 0.2) is 18.2 Å². The lowest BCUT2D eigenvalue weighted by molar-refractivity contribution is -0.206. The van der Waals surface area contributed by atoms with Crippen LogP contribution >= 0.6 is 0 Å². The molecule has 2 rings (SSSR count). The molecule has 0 unspecified atom stereocenters. The summed E-state index contributed by atoms with van der Waals surface area (Å²) < 4.78 is 42.9. The molecule has 0 saturated carbocycles. The molecule has 1 N–H and O–H groups in total. The number of rotatable bonds is 1. The van der Waals surface area contributed by atoms with Crippen LogP contribution in [-0.4, -0.2) is 16.9 Å². The number of halogens is 3. The number of benzene rings is 1. The minimum absolute atomic E-state index is 0.135. The Labute approximate surface area is 103 Å². The third-order valence-corrected chi connectivity index (χ3v) is 3.09. The standard InChI is InChI=1S/C13H15F3O2/c1-12(2)6-5-8-7-9(3-4-10(8)18-12)11(17)13(14,15)16/h3-4,7,11,17H,5-6H2,1-2H3/t11-/m1/s1. The van der Waals surface area contributed by atoms with Crippen LogP contribution in [0.4, 0.5) is 13.2 Å². The van der Waals surface area contributed by atoms with Crippen molar-refractivity contribution in [1.29, 1.82) is 0 Å². The fourth-order valence-electron chi connectivity index (χ4n) is 2.04. The largest absolute Gasteiger partial charge is 0.488 e. The van der Waals surface area contributed by atoms with Gasteiger partial charge in [0, 0.05) is 0 Å². The summed E-state index contributed by atoms with van der Waals surface area (Å²) in [6.07, 6.45) is -5.67. The molecule has 2 nitrogen and oxygen atoms in total. The monoisotopic (exact) mass is 260 g/mol. The summed E-state index contributed by atoms with van der Waals surface area (Å²) in [4.78, 5) is 0. The van der Waals surface area contributed by atoms with Gasteiger partial charge in [-0.2, -0.15) is 13.2 Å². The molecule has 0 saturated heterocycles. The average Bonchev–Trinajstić information content (AvgIpc) is 2.25. The number of aliphatic hydroxyl groups is 1. The molecule has 0 amide bonds. The zero-order valence-electron chi connectivity index (χ0n) is 10.2. The van der Waals surface area contributed by atoms with Gasteiger partial charge in [0.15, 0.2) is 6.10 Å². The first-order valence-corrected chi connectivity index (χ1v) is 5.76. The van der Waals surface area contributed by atoms with E-state index < -0.39 is 12.3 Å². The fourth-order valence-corrected chi connectivity index (χ4v) is 2.04. The van der Waals surface area contributed by atoms with Gasteiger partial charge in [0.25, 0.3) is 0 Å². The van der Waals surface area contributed by atoms with Crippen molar-refractivity contribution in [3.05, 3.63) is 29.3 Å². The molecule has 18 heavy (non-hydrogen) atoms. The maximum atomic E-state index is 12.4. The normalized spacial score (nSPS) is 19.9. The maximum Gasteiger partial charge on any atom is 0.418 e. The molecule has 1 aliphatic heterocycles. The lowest BCUT2D eigenvalue weighted by Crippen LogP contribution is -2.32. The van der Waals surface area contributed by atoms with Crippen LogP contribution in [-0.2, 0) is 6.42 Å². The average molecular weight is 260 g/mol. The number of fused-ring (bicyclic) bond motifs is 1. The van der Waals surface area contributed by atoms with Gasteiger partial charge in [-0.15, -0.1) is 0 Å². The molecule has 1 aromatic carbocycles. The van der Waals surface area contributed by atoms with Crippen LogP contribution in [0.3, 0.4) is 0 Å². The van der Waals surface area contributed by atoms with Gasteiger partial charge < -0.3 is 9.84 Å². The lowest BCUT2D eigenvalue weighted by atomic mass is 9.92. The zero-order chi connectivity index (χ0) is 13.6. The Hall–Kier alpha value is -1.23. The molecule has 1 aliphatic rings. The van der Waals surface area contributed by atoms with Crippen LogP contribution < -0.4 is 4.74 Å². The third kappa shape index (κ3) is 2.61. The molecule has 1 aromatic rings. The highest BCUT2D eigenvalue weighted by Gasteiger charge is 2.40. The number of aryl methyl sites for hydroxylation is 1. The van der Waals surface area contributed by atoms with Crippen molar-refractivity contribution in [3.63, 3.8) is 0 Å². The van der Waals surface area contributed by atoms with E-state index in [0.29, 0.717) is 12.2 Å². The van der Waals surface area contributed by atoms with Crippen molar-refractivity contribution in [3.8, 4) is 5.75 Å². The molecule has 0 aromatic heterocycles. The summed E-state index contributed by atoms with van der Waals surface area (Å²) in [5.74, 6) is 0.601. The van der Waals surface area contributed by atoms with Crippen LogP contribution in [0.2, 0.25) is 0 Å². The highest BCUT2D eigenvalue weighted by molar-refractivity contribution is 5.40. The Bertz CT molecular complexity index is 452. The first kappa shape index (κ1) is 13.2. The lowest BCUT2D eigenvalue weighted by Gasteiger charge is -2.33. The summed E-state index contributed by atoms with van der Waals surface area (Å²) in [7, 11) is 0. The van der Waals surface area contributed by atoms with Crippen LogP contribution in [0.1, 0.15) is 37.5 Å². The number of hydrogen-bond acceptors (Lipinski definition) is 2. The molecule has 5 heteroatoms. The summed E-state index contributed by atoms with van der Waals surface area (Å²) in [6.45, 7) is 3.88. The van der Waals surface area contributed by atoms with E-state index >= 15 is 0 Å². The Kier molecular flexibility index (Phi) is 3.05. The molecule has 0 bridgehead atoms. The van der Waals surface area contributed by atoms with Crippen molar-refractivity contribution >= 4 is 0 Å². The van der Waals surface area contributed by atoms with Crippen molar-refractivity contribution < 1.29 is 23.0 Å². The second-order valence-electron chi connectivity index (χ2n) is 5.17. The quantitative estimate of drug-likeness (QED) is 0.838. The Morgan fingerprint density at radius 3 is 2.61 bits per heavy atom. The van der Waals surface area contributed by atoms with E-state index in [1.165, 1.54) is 18.2 Å². The van der Waals surface area contributed by atoms with Gasteiger partial charge in [-0.1, -0.05) is 6.07 Å². The summed E-state index contributed by atoms with van der Waals surface area (Å²) in [5, 5.41) is 9.20. The van der Waals surface area contributed by atoms with Gasteiger partial charge in [0.05, 0.1) is 0 Å². The smallest absolute Gasteiger partial charge is 0.418 e. The van der Waals surface area contributed by atoms with E-state index in [-0.39, 0.29) is 11.2 Å². The highest BCUT2D eigenvalue weighted by Crippen LogP contribution is 2.38. The van der Waals surface area contributed by atoms with E-state index in [0.717, 1.165) is 12.0 Å². The number of alkyl halides is 3. The van der Waals surface area contributed by atoms with Gasteiger partial charge in [0.2, 0.25) is 0 Å². The Balaban J connectivity index is 2.29. The summed E-state index contributed by atoms with van der Waals surface area (Å²) >= 11 is 0. The molecular formula is C13H15F3O2. The topological polar surface area (TPSA) is 29.5 Å². The van der Waals surface area contributed by atoms with Gasteiger partial charge in [-0.25, -0.2) is 0 Å². The zero-order valence-corrected chi connectivity index (χ0v) is 10.2. The predicted octanol–water partition coefficient (Wildman–Crippen LogP) is 3.39. The van der Waals surface area contributed by atoms with Crippen molar-refractivity contribution in [2.75, 3.05) is 0 Å². The molecule has 1 atom stereocenters. The van der Waals surface area contributed by atoms with E-state index in [4.69, 9.17) is 4.74 Å². The molecule has 0 spiro atoms. The number of aliphatic hydroxyl groups excluding tert-OH is 1. The molecular weight excluding hydrogens is 245 g/mol. The molecule has 0 radical (unpaired) electrons. The third-order valence-electron chi connectivity index (χ3n) is 3.09. The minimum atomic E-state index is -4.64. The molecule has 1 heterocycles. The summed E-state index contributed by atoms with van der Waals surface area (Å²) in [5.41, 5.74) is 0.289. The Morgan fingerprint density at radius 2 is 2.00 bits per heavy atom. The first-order chi connectivity index (χ1) is 8.19. The predicted molar refractivity (Wildman–Crippen MR) is 60.5 cm³/mol. The number of hydrogen-bond donors (Lipinski definition) is 1. The van der Waals surface area contributed by atoms with E-state index in [9.17, 15) is 18.3 Å². The molecule has 0 fully saturated rings. The summed E-state index contributed by atoms with van der Waals surface area (Å²) in [6, 6.07) is 4.14. The fraction of sp³-hybridized carbons (Fsp3) is 0.538. The van der Waals surface area contributed by atoms with E-state index in [1.54, 1.807) is 0 Å². The van der Waals surface area contributed by atoms with Crippen molar-refractivity contribution in [2.24, 2.45) is 0 Å². The SMILES string of the molecule is CC1(C)CCc2cc([C@@H](O)C(F)(F)F)ccc2O1. The second-order valence-corrected chi connectivity index (χ2v) is 5.17.